The summed E-state index contributed by atoms with van der Waals surface area (Å²) >= 11 is 5.37. The minimum Gasteiger partial charge on any atom is -0.493 e. The number of benzene rings is 2. The Hall–Kier alpha value is -2.93. The van der Waals surface area contributed by atoms with Crippen molar-refractivity contribution in [1.29, 1.82) is 0 Å². The minimum absolute atomic E-state index is 0.0719. The fourth-order valence-corrected chi connectivity index (χ4v) is 4.47. The number of nitrogens with zero attached hydrogens (tertiary/aromatic N) is 1. The van der Waals surface area contributed by atoms with Gasteiger partial charge in [-0.1, -0.05) is 38.8 Å². The van der Waals surface area contributed by atoms with Gasteiger partial charge in [0.05, 0.1) is 6.61 Å². The van der Waals surface area contributed by atoms with Crippen LogP contribution in [0.15, 0.2) is 42.5 Å². The lowest BCUT2D eigenvalue weighted by atomic mass is 9.87. The number of thiocarbonyl (C=S) groups is 1. The molecule has 0 unspecified atom stereocenters. The molecule has 0 radical (unpaired) electrons. The van der Waals surface area contributed by atoms with E-state index >= 15 is 0 Å². The second kappa shape index (κ2) is 12.9. The molecule has 2 aromatic rings. The van der Waals surface area contributed by atoms with Crippen molar-refractivity contribution < 1.29 is 14.3 Å². The first-order chi connectivity index (χ1) is 17.2. The summed E-state index contributed by atoms with van der Waals surface area (Å²) in [5.74, 6) is 0.823. The van der Waals surface area contributed by atoms with Gasteiger partial charge in [-0.2, -0.15) is 0 Å². The molecule has 1 aliphatic rings. The van der Waals surface area contributed by atoms with Gasteiger partial charge in [-0.3, -0.25) is 9.59 Å². The number of amides is 2. The van der Waals surface area contributed by atoms with Gasteiger partial charge in [-0.15, -0.1) is 0 Å². The number of likely N-dealkylation sites (tertiary alicyclic amines) is 1. The standard InChI is InChI=1S/C29H39N3O3S/c1-21-10-11-22(2)25(20-21)35-19-9-16-29(3,4)27(34)31-28(36)30-24-14-12-23(13-15-24)26(33)32-17-7-5-6-8-18-32/h10-15,20H,5-9,16-19H2,1-4H3,(H2,30,31,34,36). The second-order valence-corrected chi connectivity index (χ2v) is 10.7. The van der Waals surface area contributed by atoms with Gasteiger partial charge in [0, 0.05) is 29.8 Å². The Labute approximate surface area is 220 Å². The van der Waals surface area contributed by atoms with Crippen LogP contribution in [0.3, 0.4) is 0 Å². The lowest BCUT2D eigenvalue weighted by Gasteiger charge is -2.24. The van der Waals surface area contributed by atoms with E-state index in [4.69, 9.17) is 17.0 Å². The first kappa shape index (κ1) is 27.7. The van der Waals surface area contributed by atoms with Crippen LogP contribution in [-0.2, 0) is 4.79 Å². The summed E-state index contributed by atoms with van der Waals surface area (Å²) in [4.78, 5) is 27.6. The highest BCUT2D eigenvalue weighted by atomic mass is 32.1. The van der Waals surface area contributed by atoms with Gasteiger partial charge in [0.2, 0.25) is 5.91 Å². The van der Waals surface area contributed by atoms with Crippen molar-refractivity contribution in [2.24, 2.45) is 5.41 Å². The van der Waals surface area contributed by atoms with Crippen LogP contribution in [-0.4, -0.2) is 41.5 Å². The molecule has 0 aliphatic carbocycles. The van der Waals surface area contributed by atoms with Gasteiger partial charge in [-0.25, -0.2) is 0 Å². The van der Waals surface area contributed by atoms with E-state index in [0.29, 0.717) is 18.6 Å². The van der Waals surface area contributed by atoms with E-state index in [2.05, 4.69) is 22.8 Å². The number of carbonyl (C=O) groups excluding carboxylic acids is 2. The third-order valence-corrected chi connectivity index (χ3v) is 6.88. The highest BCUT2D eigenvalue weighted by Gasteiger charge is 2.28. The van der Waals surface area contributed by atoms with Crippen LogP contribution < -0.4 is 15.4 Å². The topological polar surface area (TPSA) is 70.7 Å². The third kappa shape index (κ3) is 8.05. The molecule has 1 heterocycles. The number of carbonyl (C=O) groups is 2. The Kier molecular flexibility index (Phi) is 9.88. The van der Waals surface area contributed by atoms with Gasteiger partial charge < -0.3 is 20.3 Å². The van der Waals surface area contributed by atoms with Crippen LogP contribution in [0.1, 0.15) is 73.9 Å². The molecule has 2 N–H and O–H groups in total. The Balaban J connectivity index is 1.44. The summed E-state index contributed by atoms with van der Waals surface area (Å²) in [5, 5.41) is 6.10. The largest absolute Gasteiger partial charge is 0.493 e. The van der Waals surface area contributed by atoms with Gasteiger partial charge in [-0.05, 0) is 93.2 Å². The predicted molar refractivity (Wildman–Crippen MR) is 150 cm³/mol. The molecular weight excluding hydrogens is 470 g/mol. The fraction of sp³-hybridized carbons (Fsp3) is 0.483. The second-order valence-electron chi connectivity index (χ2n) is 10.3. The monoisotopic (exact) mass is 509 g/mol. The summed E-state index contributed by atoms with van der Waals surface area (Å²) in [6.45, 7) is 10.1. The number of ether oxygens (including phenoxy) is 1. The highest BCUT2D eigenvalue weighted by molar-refractivity contribution is 7.80. The van der Waals surface area contributed by atoms with Crippen molar-refractivity contribution in [1.82, 2.24) is 10.2 Å². The lowest BCUT2D eigenvalue weighted by molar-refractivity contribution is -0.128. The third-order valence-electron chi connectivity index (χ3n) is 6.67. The maximum absolute atomic E-state index is 12.8. The number of hydrogen-bond donors (Lipinski definition) is 2. The maximum atomic E-state index is 12.8. The summed E-state index contributed by atoms with van der Waals surface area (Å²) in [5.41, 5.74) is 3.07. The van der Waals surface area contributed by atoms with E-state index in [-0.39, 0.29) is 16.9 Å². The van der Waals surface area contributed by atoms with Gasteiger partial charge in [0.1, 0.15) is 5.75 Å². The van der Waals surface area contributed by atoms with E-state index in [1.165, 1.54) is 12.8 Å². The average Bonchev–Trinajstić information content (AvgIpc) is 3.13. The van der Waals surface area contributed by atoms with E-state index in [1.807, 2.05) is 50.8 Å². The highest BCUT2D eigenvalue weighted by Crippen LogP contribution is 2.24. The zero-order valence-corrected chi connectivity index (χ0v) is 22.8. The number of hydrogen-bond acceptors (Lipinski definition) is 4. The van der Waals surface area contributed by atoms with Crippen LogP contribution in [0.4, 0.5) is 5.69 Å². The van der Waals surface area contributed by atoms with E-state index in [9.17, 15) is 9.59 Å². The quantitative estimate of drug-likeness (QED) is 0.336. The zero-order valence-electron chi connectivity index (χ0n) is 22.0. The van der Waals surface area contributed by atoms with Crippen LogP contribution in [0.25, 0.3) is 0 Å². The van der Waals surface area contributed by atoms with Crippen LogP contribution >= 0.6 is 12.2 Å². The Morgan fingerprint density at radius 1 is 1.00 bits per heavy atom. The van der Waals surface area contributed by atoms with Crippen molar-refractivity contribution in [3.05, 3.63) is 59.2 Å². The molecule has 0 saturated carbocycles. The predicted octanol–water partition coefficient (Wildman–Crippen LogP) is 6.02. The first-order valence-electron chi connectivity index (χ1n) is 12.9. The maximum Gasteiger partial charge on any atom is 0.253 e. The van der Waals surface area contributed by atoms with Crippen molar-refractivity contribution >= 4 is 34.8 Å². The van der Waals surface area contributed by atoms with E-state index in [0.717, 1.165) is 54.9 Å². The average molecular weight is 510 g/mol. The summed E-state index contributed by atoms with van der Waals surface area (Å²) in [7, 11) is 0. The van der Waals surface area contributed by atoms with Gasteiger partial charge in [0.25, 0.3) is 5.91 Å². The Bertz CT molecular complexity index is 1060. The van der Waals surface area contributed by atoms with Crippen LogP contribution in [0.2, 0.25) is 0 Å². The molecule has 3 rings (SSSR count). The van der Waals surface area contributed by atoms with Gasteiger partial charge in [0.15, 0.2) is 5.11 Å². The summed E-state index contributed by atoms with van der Waals surface area (Å²) in [6, 6.07) is 13.4. The molecule has 2 amide bonds. The van der Waals surface area contributed by atoms with Crippen molar-refractivity contribution in [3.8, 4) is 5.75 Å². The van der Waals surface area contributed by atoms with Crippen LogP contribution in [0, 0.1) is 19.3 Å². The molecule has 6 nitrogen and oxygen atoms in total. The SMILES string of the molecule is Cc1ccc(C)c(OCCCC(C)(C)C(=O)NC(=S)Nc2ccc(C(=O)N3CCCCCC3)cc2)c1. The Morgan fingerprint density at radius 2 is 1.67 bits per heavy atom. The first-order valence-corrected chi connectivity index (χ1v) is 13.3. The number of aryl methyl sites for hydroxylation is 2. The normalized spacial score (nSPS) is 14.1. The molecule has 7 heteroatoms. The summed E-state index contributed by atoms with van der Waals surface area (Å²) < 4.78 is 5.93. The van der Waals surface area contributed by atoms with Crippen molar-refractivity contribution in [2.75, 3.05) is 25.0 Å². The number of anilines is 1. The molecule has 194 valence electrons. The van der Waals surface area contributed by atoms with E-state index in [1.54, 1.807) is 12.1 Å². The van der Waals surface area contributed by atoms with Gasteiger partial charge >= 0.3 is 0 Å². The zero-order chi connectivity index (χ0) is 26.1. The molecule has 0 bridgehead atoms. The lowest BCUT2D eigenvalue weighted by Crippen LogP contribution is -2.42. The van der Waals surface area contributed by atoms with Crippen LogP contribution in [0.5, 0.6) is 5.75 Å². The molecule has 1 aliphatic heterocycles. The Morgan fingerprint density at radius 3 is 2.33 bits per heavy atom. The van der Waals surface area contributed by atoms with Crippen molar-refractivity contribution in [2.45, 2.75) is 66.2 Å². The smallest absolute Gasteiger partial charge is 0.253 e. The fourth-order valence-electron chi connectivity index (χ4n) is 4.26. The molecule has 0 spiro atoms. The molecular formula is C29H39N3O3S. The molecule has 0 atom stereocenters. The van der Waals surface area contributed by atoms with Crippen molar-refractivity contribution in [3.63, 3.8) is 0 Å². The molecule has 2 aromatic carbocycles. The molecule has 36 heavy (non-hydrogen) atoms. The van der Waals surface area contributed by atoms with E-state index < -0.39 is 5.41 Å². The molecule has 1 saturated heterocycles. The molecule has 0 aromatic heterocycles. The minimum atomic E-state index is -0.597. The summed E-state index contributed by atoms with van der Waals surface area (Å²) in [6.07, 6.45) is 5.92. The number of rotatable bonds is 8. The number of nitrogens with one attached hydrogen (secondary N) is 2. The molecule has 1 fully saturated rings.